The molecule has 0 unspecified atom stereocenters. The zero-order chi connectivity index (χ0) is 23.8. The molecule has 0 spiro atoms. The Morgan fingerprint density at radius 2 is 1.73 bits per heavy atom. The van der Waals surface area contributed by atoms with E-state index in [4.69, 9.17) is 0 Å². The minimum absolute atomic E-state index is 0.00315. The van der Waals surface area contributed by atoms with Crippen molar-refractivity contribution in [3.8, 4) is 11.3 Å². The summed E-state index contributed by atoms with van der Waals surface area (Å²) < 4.78 is 71.4. The van der Waals surface area contributed by atoms with E-state index in [1.807, 2.05) is 13.8 Å². The molecule has 1 aliphatic rings. The van der Waals surface area contributed by atoms with Crippen molar-refractivity contribution in [3.05, 3.63) is 59.4 Å². The van der Waals surface area contributed by atoms with Crippen molar-refractivity contribution >= 4 is 21.1 Å². The highest BCUT2D eigenvalue weighted by Gasteiger charge is 2.35. The molecule has 4 rings (SSSR count). The molecule has 1 saturated carbocycles. The van der Waals surface area contributed by atoms with Gasteiger partial charge in [0, 0.05) is 24.5 Å². The van der Waals surface area contributed by atoms with Gasteiger partial charge in [-0.3, -0.25) is 0 Å². The van der Waals surface area contributed by atoms with Crippen LogP contribution < -0.4 is 9.44 Å². The van der Waals surface area contributed by atoms with Crippen LogP contribution in [0.4, 0.5) is 13.2 Å². The number of hydrogen-bond donors (Lipinski definition) is 3. The fourth-order valence-electron chi connectivity index (χ4n) is 4.41. The van der Waals surface area contributed by atoms with Crippen molar-refractivity contribution in [2.45, 2.75) is 39.0 Å². The van der Waals surface area contributed by atoms with Crippen molar-refractivity contribution in [2.75, 3.05) is 13.1 Å². The van der Waals surface area contributed by atoms with Gasteiger partial charge in [-0.2, -0.15) is 8.42 Å². The van der Waals surface area contributed by atoms with E-state index in [1.54, 1.807) is 12.1 Å². The number of aromatic amines is 1. The zero-order valence-electron chi connectivity index (χ0n) is 18.6. The molecule has 1 aromatic heterocycles. The number of fused-ring (bicyclic) bond motifs is 1. The molecule has 178 valence electrons. The lowest BCUT2D eigenvalue weighted by Gasteiger charge is -2.36. The molecule has 0 bridgehead atoms. The minimum atomic E-state index is -3.56. The van der Waals surface area contributed by atoms with Crippen LogP contribution in [0.25, 0.3) is 22.2 Å². The van der Waals surface area contributed by atoms with Gasteiger partial charge in [-0.25, -0.2) is 22.6 Å². The highest BCUT2D eigenvalue weighted by molar-refractivity contribution is 7.87. The smallest absolute Gasteiger partial charge is 0.276 e. The van der Waals surface area contributed by atoms with Gasteiger partial charge in [0.2, 0.25) is 0 Å². The first kappa shape index (κ1) is 23.8. The highest BCUT2D eigenvalue weighted by atomic mass is 32.2. The van der Waals surface area contributed by atoms with E-state index in [1.165, 1.54) is 18.2 Å². The maximum atomic E-state index is 14.5. The summed E-state index contributed by atoms with van der Waals surface area (Å²) >= 11 is 0. The van der Waals surface area contributed by atoms with Crippen LogP contribution in [0.15, 0.2) is 36.4 Å². The first-order valence-electron chi connectivity index (χ1n) is 11.1. The van der Waals surface area contributed by atoms with Crippen molar-refractivity contribution in [2.24, 2.45) is 11.8 Å². The molecular weight excluding hydrogens is 451 g/mol. The molecule has 0 aliphatic heterocycles. The summed E-state index contributed by atoms with van der Waals surface area (Å²) in [6.07, 6.45) is 2.11. The fourth-order valence-corrected chi connectivity index (χ4v) is 5.35. The van der Waals surface area contributed by atoms with Gasteiger partial charge in [-0.05, 0) is 78.5 Å². The van der Waals surface area contributed by atoms with Crippen LogP contribution >= 0.6 is 0 Å². The van der Waals surface area contributed by atoms with Crippen LogP contribution in [0, 0.1) is 29.3 Å². The third kappa shape index (κ3) is 5.42. The van der Waals surface area contributed by atoms with Gasteiger partial charge in [0.25, 0.3) is 10.2 Å². The molecule has 0 atom stereocenters. The number of hydrogen-bond acceptors (Lipinski definition) is 2. The maximum Gasteiger partial charge on any atom is 0.276 e. The second-order valence-corrected chi connectivity index (χ2v) is 10.8. The van der Waals surface area contributed by atoms with E-state index in [2.05, 4.69) is 14.4 Å². The summed E-state index contributed by atoms with van der Waals surface area (Å²) in [5, 5.41) is 0.464. The molecule has 33 heavy (non-hydrogen) atoms. The van der Waals surface area contributed by atoms with Crippen molar-refractivity contribution in [3.63, 3.8) is 0 Å². The van der Waals surface area contributed by atoms with Gasteiger partial charge in [-0.1, -0.05) is 13.8 Å². The highest BCUT2D eigenvalue weighted by Crippen LogP contribution is 2.48. The summed E-state index contributed by atoms with van der Waals surface area (Å²) in [6, 6.07) is 8.00. The lowest BCUT2D eigenvalue weighted by molar-refractivity contribution is 0.267. The summed E-state index contributed by atoms with van der Waals surface area (Å²) in [5.41, 5.74) is 2.31. The molecule has 1 heterocycles. The summed E-state index contributed by atoms with van der Waals surface area (Å²) in [5.74, 6) is -1.21. The molecule has 2 aromatic carbocycles. The second kappa shape index (κ2) is 9.48. The molecule has 1 aliphatic carbocycles. The van der Waals surface area contributed by atoms with E-state index in [-0.39, 0.29) is 23.2 Å². The van der Waals surface area contributed by atoms with Crippen LogP contribution in [0.3, 0.4) is 0 Å². The lowest BCUT2D eigenvalue weighted by Crippen LogP contribution is -2.42. The Hall–Kier alpha value is -2.36. The predicted molar refractivity (Wildman–Crippen MR) is 123 cm³/mol. The van der Waals surface area contributed by atoms with Gasteiger partial charge in [-0.15, -0.1) is 0 Å². The van der Waals surface area contributed by atoms with E-state index in [9.17, 15) is 21.6 Å². The molecule has 0 amide bonds. The summed E-state index contributed by atoms with van der Waals surface area (Å²) in [6.45, 7) is 4.73. The molecule has 3 N–H and O–H groups in total. The third-order valence-electron chi connectivity index (χ3n) is 6.22. The average Bonchev–Trinajstić information content (AvgIpc) is 3.06. The molecule has 0 saturated heterocycles. The average molecular weight is 480 g/mol. The standard InChI is InChI=1S/C24H28F3N3O2S/c1-14(2)7-8-28-33(31,32)29-13-15-9-17(10-15)22-20-11-19(26)12-21(27)24(20)30-23(22)16-3-5-18(25)6-4-16/h3-6,11-12,14-15,17,28-30H,7-10,13H2,1-2H3/t15-,17-. The van der Waals surface area contributed by atoms with E-state index >= 15 is 0 Å². The Morgan fingerprint density at radius 3 is 2.39 bits per heavy atom. The normalized spacial score (nSPS) is 18.7. The number of nitrogens with one attached hydrogen (secondary N) is 3. The van der Waals surface area contributed by atoms with Crippen molar-refractivity contribution in [1.82, 2.24) is 14.4 Å². The van der Waals surface area contributed by atoms with Gasteiger partial charge in [0.15, 0.2) is 0 Å². The Morgan fingerprint density at radius 1 is 1.03 bits per heavy atom. The molecule has 1 fully saturated rings. The molecule has 0 radical (unpaired) electrons. The summed E-state index contributed by atoms with van der Waals surface area (Å²) in [7, 11) is -3.56. The summed E-state index contributed by atoms with van der Waals surface area (Å²) in [4.78, 5) is 3.06. The van der Waals surface area contributed by atoms with Crippen molar-refractivity contribution < 1.29 is 21.6 Å². The van der Waals surface area contributed by atoms with Crippen LogP contribution in [0.2, 0.25) is 0 Å². The molecule has 3 aromatic rings. The van der Waals surface area contributed by atoms with Crippen LogP contribution in [0.1, 0.15) is 44.6 Å². The van der Waals surface area contributed by atoms with Crippen molar-refractivity contribution in [1.29, 1.82) is 0 Å². The SMILES string of the molecule is CC(C)CCNS(=O)(=O)NC[C@H]1C[C@H](c2c(-c3ccc(F)cc3)[nH]c3c(F)cc(F)cc32)C1. The first-order chi connectivity index (χ1) is 15.6. The Labute approximate surface area is 192 Å². The van der Waals surface area contributed by atoms with Crippen LogP contribution in [-0.2, 0) is 10.2 Å². The largest absolute Gasteiger partial charge is 0.352 e. The molecule has 5 nitrogen and oxygen atoms in total. The zero-order valence-corrected chi connectivity index (χ0v) is 19.4. The minimum Gasteiger partial charge on any atom is -0.352 e. The van der Waals surface area contributed by atoms with Gasteiger partial charge in [0.1, 0.15) is 17.5 Å². The van der Waals surface area contributed by atoms with E-state index in [0.717, 1.165) is 18.1 Å². The Kier molecular flexibility index (Phi) is 6.83. The first-order valence-corrected chi connectivity index (χ1v) is 12.6. The quantitative estimate of drug-likeness (QED) is 0.394. The predicted octanol–water partition coefficient (Wildman–Crippen LogP) is 5.22. The second-order valence-electron chi connectivity index (χ2n) is 9.19. The number of rotatable bonds is 9. The number of aromatic nitrogens is 1. The van der Waals surface area contributed by atoms with Gasteiger partial charge >= 0.3 is 0 Å². The monoisotopic (exact) mass is 479 g/mol. The van der Waals surface area contributed by atoms with Gasteiger partial charge in [0.05, 0.1) is 11.2 Å². The third-order valence-corrected chi connectivity index (χ3v) is 7.35. The van der Waals surface area contributed by atoms with Crippen LogP contribution in [0.5, 0.6) is 0 Å². The number of H-pyrrole nitrogens is 1. The topological polar surface area (TPSA) is 74.0 Å². The number of halogens is 3. The molecular formula is C24H28F3N3O2S. The van der Waals surface area contributed by atoms with Gasteiger partial charge < -0.3 is 4.98 Å². The lowest BCUT2D eigenvalue weighted by atomic mass is 9.70. The number of benzene rings is 2. The Balaban J connectivity index is 1.51. The van der Waals surface area contributed by atoms with E-state index in [0.29, 0.717) is 48.5 Å². The fraction of sp³-hybridized carbons (Fsp3) is 0.417. The Bertz CT molecular complexity index is 1230. The van der Waals surface area contributed by atoms with E-state index < -0.39 is 21.8 Å². The maximum absolute atomic E-state index is 14.5. The van der Waals surface area contributed by atoms with Crippen LogP contribution in [-0.4, -0.2) is 26.5 Å². The molecule has 9 heteroatoms.